The van der Waals surface area contributed by atoms with Gasteiger partial charge in [-0.05, 0) is 6.92 Å². The Morgan fingerprint density at radius 3 is 2.63 bits per heavy atom. The van der Waals surface area contributed by atoms with Crippen molar-refractivity contribution in [3.63, 3.8) is 0 Å². The summed E-state index contributed by atoms with van der Waals surface area (Å²) in [5, 5.41) is 12.8. The van der Waals surface area contributed by atoms with E-state index >= 15 is 0 Å². The molecule has 0 aromatic carbocycles. The summed E-state index contributed by atoms with van der Waals surface area (Å²) in [4.78, 5) is 19.4. The van der Waals surface area contributed by atoms with Crippen molar-refractivity contribution < 1.29 is 9.90 Å². The Hall–Kier alpha value is -1.47. The maximum atomic E-state index is 10.5. The Morgan fingerprint density at radius 1 is 1.32 bits per heavy atom. The van der Waals surface area contributed by atoms with Gasteiger partial charge in [-0.3, -0.25) is 9.69 Å². The summed E-state index contributed by atoms with van der Waals surface area (Å²) in [7, 11) is 0. The van der Waals surface area contributed by atoms with E-state index in [0.717, 1.165) is 45.1 Å². The molecule has 1 N–H and O–H groups in total. The van der Waals surface area contributed by atoms with Crippen molar-refractivity contribution in [3.05, 3.63) is 12.2 Å². The summed E-state index contributed by atoms with van der Waals surface area (Å²) in [5.41, 5.74) is 0. The fourth-order valence-corrected chi connectivity index (χ4v) is 2.30. The molecule has 0 spiro atoms. The van der Waals surface area contributed by atoms with Crippen molar-refractivity contribution in [1.29, 1.82) is 0 Å². The lowest BCUT2D eigenvalue weighted by atomic mass is 10.3. The zero-order chi connectivity index (χ0) is 13.7. The highest BCUT2D eigenvalue weighted by Gasteiger charge is 2.18. The van der Waals surface area contributed by atoms with Gasteiger partial charge in [0, 0.05) is 39.3 Å². The molecule has 1 aliphatic rings. The molecule has 0 atom stereocenters. The molecular formula is C12H21N5O2. The number of carboxylic acids is 1. The first-order chi connectivity index (χ1) is 9.19. The maximum Gasteiger partial charge on any atom is 0.304 e. The van der Waals surface area contributed by atoms with Crippen molar-refractivity contribution in [3.8, 4) is 0 Å². The summed E-state index contributed by atoms with van der Waals surface area (Å²) in [6.45, 7) is 8.12. The van der Waals surface area contributed by atoms with Crippen LogP contribution in [0, 0.1) is 0 Å². The van der Waals surface area contributed by atoms with E-state index in [9.17, 15) is 4.79 Å². The fourth-order valence-electron chi connectivity index (χ4n) is 2.30. The second kappa shape index (κ2) is 6.63. The van der Waals surface area contributed by atoms with Gasteiger partial charge in [0.05, 0.1) is 13.0 Å². The monoisotopic (exact) mass is 267 g/mol. The summed E-state index contributed by atoms with van der Waals surface area (Å²) in [5.74, 6) is 0.278. The van der Waals surface area contributed by atoms with Crippen molar-refractivity contribution in [2.45, 2.75) is 26.4 Å². The van der Waals surface area contributed by atoms with Gasteiger partial charge in [0.15, 0.2) is 0 Å². The van der Waals surface area contributed by atoms with E-state index in [1.165, 1.54) is 0 Å². The average Bonchev–Trinajstić information content (AvgIpc) is 2.85. The number of carboxylic acid groups (broad SMARTS) is 1. The molecule has 1 aromatic rings. The first kappa shape index (κ1) is 14.0. The van der Waals surface area contributed by atoms with Crippen LogP contribution in [0.3, 0.4) is 0 Å². The third-order valence-corrected chi connectivity index (χ3v) is 3.47. The first-order valence-electron chi connectivity index (χ1n) is 6.72. The standard InChI is InChI=1S/C12H21N5O2/c1-2-17-11(13-10-14-17)9-16-7-5-15(6-8-16)4-3-12(18)19/h10H,2-9H2,1H3,(H,18,19). The smallest absolute Gasteiger partial charge is 0.304 e. The van der Waals surface area contributed by atoms with Crippen molar-refractivity contribution in [2.75, 3.05) is 32.7 Å². The number of piperazine rings is 1. The van der Waals surface area contributed by atoms with Gasteiger partial charge in [0.1, 0.15) is 12.2 Å². The van der Waals surface area contributed by atoms with E-state index in [4.69, 9.17) is 5.11 Å². The van der Waals surface area contributed by atoms with Crippen LogP contribution in [-0.2, 0) is 17.9 Å². The Morgan fingerprint density at radius 2 is 2.00 bits per heavy atom. The van der Waals surface area contributed by atoms with Crippen LogP contribution in [0.1, 0.15) is 19.2 Å². The Bertz CT molecular complexity index is 412. The van der Waals surface area contributed by atoms with Crippen LogP contribution in [0.4, 0.5) is 0 Å². The molecule has 2 rings (SSSR count). The predicted octanol–water partition coefficient (Wildman–Crippen LogP) is -0.110. The molecule has 2 heterocycles. The lowest BCUT2D eigenvalue weighted by Crippen LogP contribution is -2.46. The van der Waals surface area contributed by atoms with Crippen LogP contribution >= 0.6 is 0 Å². The van der Waals surface area contributed by atoms with E-state index in [-0.39, 0.29) is 6.42 Å². The second-order valence-electron chi connectivity index (χ2n) is 4.75. The molecular weight excluding hydrogens is 246 g/mol. The quantitative estimate of drug-likeness (QED) is 0.775. The third-order valence-electron chi connectivity index (χ3n) is 3.47. The summed E-state index contributed by atoms with van der Waals surface area (Å²) < 4.78 is 1.91. The Balaban J connectivity index is 1.76. The van der Waals surface area contributed by atoms with Crippen molar-refractivity contribution >= 4 is 5.97 Å². The average molecular weight is 267 g/mol. The fraction of sp³-hybridized carbons (Fsp3) is 0.750. The number of hydrogen-bond acceptors (Lipinski definition) is 5. The van der Waals surface area contributed by atoms with Crippen LogP contribution in [0.5, 0.6) is 0 Å². The summed E-state index contributed by atoms with van der Waals surface area (Å²) in [6.07, 6.45) is 1.83. The minimum absolute atomic E-state index is 0.226. The lowest BCUT2D eigenvalue weighted by Gasteiger charge is -2.34. The SMILES string of the molecule is CCn1ncnc1CN1CCN(CCC(=O)O)CC1. The molecule has 0 radical (unpaired) electrons. The minimum atomic E-state index is -0.724. The molecule has 1 aromatic heterocycles. The van der Waals surface area contributed by atoms with Crippen LogP contribution in [0.2, 0.25) is 0 Å². The third kappa shape index (κ3) is 4.00. The van der Waals surface area contributed by atoms with E-state index in [0.29, 0.717) is 6.54 Å². The van der Waals surface area contributed by atoms with Crippen molar-refractivity contribution in [2.24, 2.45) is 0 Å². The van der Waals surface area contributed by atoms with E-state index in [2.05, 4.69) is 26.8 Å². The van der Waals surface area contributed by atoms with Gasteiger partial charge in [0.2, 0.25) is 0 Å². The van der Waals surface area contributed by atoms with Gasteiger partial charge in [-0.15, -0.1) is 0 Å². The largest absolute Gasteiger partial charge is 0.481 e. The molecule has 106 valence electrons. The zero-order valence-electron chi connectivity index (χ0n) is 11.3. The molecule has 1 aliphatic heterocycles. The van der Waals surface area contributed by atoms with Gasteiger partial charge in [0.25, 0.3) is 0 Å². The number of aliphatic carboxylic acids is 1. The number of rotatable bonds is 6. The van der Waals surface area contributed by atoms with Gasteiger partial charge in [-0.2, -0.15) is 5.10 Å². The predicted molar refractivity (Wildman–Crippen MR) is 69.7 cm³/mol. The van der Waals surface area contributed by atoms with Crippen LogP contribution in [0.15, 0.2) is 6.33 Å². The number of hydrogen-bond donors (Lipinski definition) is 1. The van der Waals surface area contributed by atoms with Gasteiger partial charge in [-0.1, -0.05) is 0 Å². The van der Waals surface area contributed by atoms with Crippen LogP contribution < -0.4 is 0 Å². The number of aromatic nitrogens is 3. The van der Waals surface area contributed by atoms with E-state index < -0.39 is 5.97 Å². The lowest BCUT2D eigenvalue weighted by molar-refractivity contribution is -0.137. The summed E-state index contributed by atoms with van der Waals surface area (Å²) >= 11 is 0. The van der Waals surface area contributed by atoms with Crippen LogP contribution in [0.25, 0.3) is 0 Å². The normalized spacial score (nSPS) is 17.7. The van der Waals surface area contributed by atoms with Crippen molar-refractivity contribution in [1.82, 2.24) is 24.6 Å². The topological polar surface area (TPSA) is 74.5 Å². The molecule has 0 bridgehead atoms. The summed E-state index contributed by atoms with van der Waals surface area (Å²) in [6, 6.07) is 0. The van der Waals surface area contributed by atoms with Gasteiger partial charge < -0.3 is 10.0 Å². The second-order valence-corrected chi connectivity index (χ2v) is 4.75. The zero-order valence-corrected chi connectivity index (χ0v) is 11.3. The molecule has 0 unspecified atom stereocenters. The number of nitrogens with zero attached hydrogens (tertiary/aromatic N) is 5. The first-order valence-corrected chi connectivity index (χ1v) is 6.72. The van der Waals surface area contributed by atoms with Gasteiger partial charge in [-0.25, -0.2) is 9.67 Å². The highest BCUT2D eigenvalue weighted by Crippen LogP contribution is 2.07. The number of aryl methyl sites for hydroxylation is 1. The van der Waals surface area contributed by atoms with E-state index in [1.807, 2.05) is 4.68 Å². The molecule has 0 saturated carbocycles. The highest BCUT2D eigenvalue weighted by atomic mass is 16.4. The molecule has 0 aliphatic carbocycles. The van der Waals surface area contributed by atoms with Crippen LogP contribution in [-0.4, -0.2) is 68.4 Å². The van der Waals surface area contributed by atoms with E-state index in [1.54, 1.807) is 6.33 Å². The highest BCUT2D eigenvalue weighted by molar-refractivity contribution is 5.66. The number of carbonyl (C=O) groups is 1. The molecule has 7 nitrogen and oxygen atoms in total. The molecule has 7 heteroatoms. The minimum Gasteiger partial charge on any atom is -0.481 e. The molecule has 0 amide bonds. The molecule has 1 fully saturated rings. The molecule has 1 saturated heterocycles. The Labute approximate surface area is 112 Å². The Kier molecular flexibility index (Phi) is 4.86. The molecule has 19 heavy (non-hydrogen) atoms. The maximum absolute atomic E-state index is 10.5. The van der Waals surface area contributed by atoms with Gasteiger partial charge >= 0.3 is 5.97 Å².